The van der Waals surface area contributed by atoms with E-state index in [-0.39, 0.29) is 36.4 Å². The normalized spacial score (nSPS) is 29.2. The van der Waals surface area contributed by atoms with Gasteiger partial charge < -0.3 is 10.1 Å². The minimum atomic E-state index is -3.84. The molecule has 0 aromatic heterocycles. The van der Waals surface area contributed by atoms with Gasteiger partial charge in [-0.3, -0.25) is 9.59 Å². The van der Waals surface area contributed by atoms with Crippen molar-refractivity contribution in [3.8, 4) is 0 Å². The predicted molar refractivity (Wildman–Crippen MR) is 134 cm³/mol. The molecule has 37 heavy (non-hydrogen) atoms. The van der Waals surface area contributed by atoms with Gasteiger partial charge in [0.05, 0.1) is 7.11 Å². The molecule has 200 valence electrons. The van der Waals surface area contributed by atoms with Crippen LogP contribution in [0.15, 0.2) is 42.5 Å². The zero-order chi connectivity index (χ0) is 27.2. The maximum atomic E-state index is 15.5. The van der Waals surface area contributed by atoms with Crippen LogP contribution in [0.3, 0.4) is 0 Å². The standard InChI is InChI=1S/C27H32F2N2O5S/c1-17-10-11-24(19-8-6-5-7-9-19)37(34,35)31(17)14-20-12-23(29)21(13-22(20)28)27(25(33)36-4)15-26(3,16-27)30-18(2)32/h5-9,12-13,17,24H,10-11,14-16H2,1-4H3,(H,30,32)/t17?,24?,26-,27-. The summed E-state index contributed by atoms with van der Waals surface area (Å²) in [5, 5.41) is 1.99. The molecule has 2 aromatic rings. The van der Waals surface area contributed by atoms with Crippen molar-refractivity contribution in [3.63, 3.8) is 0 Å². The largest absolute Gasteiger partial charge is 0.468 e. The number of ether oxygens (including phenoxy) is 1. The minimum absolute atomic E-state index is 0.0399. The van der Waals surface area contributed by atoms with Gasteiger partial charge in [0, 0.05) is 36.2 Å². The molecule has 1 heterocycles. The lowest BCUT2D eigenvalue weighted by Crippen LogP contribution is -2.65. The molecule has 1 aliphatic carbocycles. The van der Waals surface area contributed by atoms with E-state index in [4.69, 9.17) is 4.74 Å². The third-order valence-electron chi connectivity index (χ3n) is 7.61. The summed E-state index contributed by atoms with van der Waals surface area (Å²) in [5.74, 6) is -2.65. The molecule has 7 nitrogen and oxygen atoms in total. The number of nitrogens with zero attached hydrogens (tertiary/aromatic N) is 1. The third-order valence-corrected chi connectivity index (χ3v) is 9.98. The first kappa shape index (κ1) is 27.2. The second kappa shape index (κ2) is 9.79. The van der Waals surface area contributed by atoms with Crippen molar-refractivity contribution in [2.24, 2.45) is 0 Å². The SMILES string of the molecule is COC(=O)[C@]1(c2cc(F)c(CN3C(C)CCC(c4ccccc4)S3(=O)=O)cc2F)C[C@@](C)(NC(C)=O)C1. The van der Waals surface area contributed by atoms with Crippen molar-refractivity contribution < 1.29 is 31.5 Å². The Hall–Kier alpha value is -2.85. The number of esters is 1. The highest BCUT2D eigenvalue weighted by Gasteiger charge is 2.60. The molecule has 1 saturated heterocycles. The van der Waals surface area contributed by atoms with E-state index in [1.54, 1.807) is 44.2 Å². The van der Waals surface area contributed by atoms with E-state index in [2.05, 4.69) is 5.32 Å². The van der Waals surface area contributed by atoms with Gasteiger partial charge in [-0.05, 0) is 57.2 Å². The molecule has 0 spiro atoms. The Morgan fingerprint density at radius 3 is 2.35 bits per heavy atom. The van der Waals surface area contributed by atoms with Gasteiger partial charge in [-0.2, -0.15) is 4.31 Å². The lowest BCUT2D eigenvalue weighted by atomic mass is 9.54. The molecule has 0 radical (unpaired) electrons. The van der Waals surface area contributed by atoms with Gasteiger partial charge in [0.25, 0.3) is 0 Å². The summed E-state index contributed by atoms with van der Waals surface area (Å²) in [6, 6.07) is 10.4. The van der Waals surface area contributed by atoms with E-state index in [0.29, 0.717) is 18.4 Å². The van der Waals surface area contributed by atoms with Crippen LogP contribution in [0, 0.1) is 11.6 Å². The number of carbonyl (C=O) groups excluding carboxylic acids is 2. The van der Waals surface area contributed by atoms with Gasteiger partial charge >= 0.3 is 5.97 Å². The fourth-order valence-corrected chi connectivity index (χ4v) is 8.22. The summed E-state index contributed by atoms with van der Waals surface area (Å²) in [5.41, 5.74) is -1.85. The molecule has 4 rings (SSSR count). The average Bonchev–Trinajstić information content (AvgIpc) is 2.81. The number of carbonyl (C=O) groups is 2. The van der Waals surface area contributed by atoms with Crippen molar-refractivity contribution in [3.05, 3.63) is 70.8 Å². The summed E-state index contributed by atoms with van der Waals surface area (Å²) in [4.78, 5) is 24.3. The maximum Gasteiger partial charge on any atom is 0.316 e. The van der Waals surface area contributed by atoms with Crippen molar-refractivity contribution in [2.45, 2.75) is 75.2 Å². The molecule has 1 aliphatic heterocycles. The fraction of sp³-hybridized carbons (Fsp3) is 0.481. The molecule has 2 unspecified atom stereocenters. The summed E-state index contributed by atoms with van der Waals surface area (Å²) >= 11 is 0. The minimum Gasteiger partial charge on any atom is -0.468 e. The Morgan fingerprint density at radius 2 is 1.76 bits per heavy atom. The molecule has 2 aliphatic rings. The predicted octanol–water partition coefficient (Wildman–Crippen LogP) is 4.12. The number of benzene rings is 2. The van der Waals surface area contributed by atoms with Gasteiger partial charge in [0.2, 0.25) is 15.9 Å². The van der Waals surface area contributed by atoms with Gasteiger partial charge in [0.15, 0.2) is 0 Å². The van der Waals surface area contributed by atoms with Crippen LogP contribution in [0.4, 0.5) is 8.78 Å². The average molecular weight is 535 g/mol. The summed E-state index contributed by atoms with van der Waals surface area (Å²) in [7, 11) is -2.67. The van der Waals surface area contributed by atoms with Crippen LogP contribution in [0.2, 0.25) is 0 Å². The van der Waals surface area contributed by atoms with E-state index < -0.39 is 49.9 Å². The summed E-state index contributed by atoms with van der Waals surface area (Å²) < 4.78 is 64.1. The Morgan fingerprint density at radius 1 is 1.11 bits per heavy atom. The van der Waals surface area contributed by atoms with Gasteiger partial charge in [-0.1, -0.05) is 30.3 Å². The van der Waals surface area contributed by atoms with E-state index >= 15 is 8.78 Å². The van der Waals surface area contributed by atoms with Gasteiger partial charge in [0.1, 0.15) is 22.3 Å². The third kappa shape index (κ3) is 4.88. The zero-order valence-corrected chi connectivity index (χ0v) is 22.2. The van der Waals surface area contributed by atoms with Crippen LogP contribution >= 0.6 is 0 Å². The van der Waals surface area contributed by atoms with E-state index in [0.717, 1.165) is 12.1 Å². The number of amides is 1. The number of rotatable bonds is 6. The number of hydrogen-bond acceptors (Lipinski definition) is 5. The molecular weight excluding hydrogens is 502 g/mol. The first-order valence-corrected chi connectivity index (χ1v) is 13.7. The number of hydrogen-bond donors (Lipinski definition) is 1. The number of methoxy groups -OCH3 is 1. The molecule has 1 amide bonds. The highest BCUT2D eigenvalue weighted by atomic mass is 32.2. The molecule has 0 bridgehead atoms. The van der Waals surface area contributed by atoms with Gasteiger partial charge in [-0.25, -0.2) is 17.2 Å². The molecule has 2 aromatic carbocycles. The quantitative estimate of drug-likeness (QED) is 0.563. The summed E-state index contributed by atoms with van der Waals surface area (Å²) in [6.45, 7) is 4.50. The molecular formula is C27H32F2N2O5S. The molecule has 2 fully saturated rings. The number of halogens is 2. The van der Waals surface area contributed by atoms with Crippen molar-refractivity contribution in [2.75, 3.05) is 7.11 Å². The Bertz CT molecular complexity index is 1310. The first-order chi connectivity index (χ1) is 17.3. The maximum absolute atomic E-state index is 15.5. The van der Waals surface area contributed by atoms with Crippen LogP contribution < -0.4 is 5.32 Å². The van der Waals surface area contributed by atoms with Crippen LogP contribution in [-0.4, -0.2) is 43.3 Å². The highest BCUT2D eigenvalue weighted by molar-refractivity contribution is 7.89. The lowest BCUT2D eigenvalue weighted by Gasteiger charge is -2.53. The van der Waals surface area contributed by atoms with Crippen LogP contribution in [0.5, 0.6) is 0 Å². The van der Waals surface area contributed by atoms with E-state index in [1.807, 2.05) is 0 Å². The smallest absolute Gasteiger partial charge is 0.316 e. The fourth-order valence-electron chi connectivity index (χ4n) is 6.03. The Labute approximate surface area is 216 Å². The van der Waals surface area contributed by atoms with Crippen LogP contribution in [0.25, 0.3) is 0 Å². The zero-order valence-electron chi connectivity index (χ0n) is 21.4. The Balaban J connectivity index is 1.65. The molecule has 10 heteroatoms. The molecule has 1 N–H and O–H groups in total. The Kier molecular flexibility index (Phi) is 7.20. The lowest BCUT2D eigenvalue weighted by molar-refractivity contribution is -0.156. The van der Waals surface area contributed by atoms with Crippen LogP contribution in [0.1, 0.15) is 68.4 Å². The summed E-state index contributed by atoms with van der Waals surface area (Å²) in [6.07, 6.45) is 1.10. The second-order valence-electron chi connectivity index (χ2n) is 10.5. The number of sulfonamides is 1. The van der Waals surface area contributed by atoms with Crippen molar-refractivity contribution >= 4 is 21.9 Å². The monoisotopic (exact) mass is 534 g/mol. The van der Waals surface area contributed by atoms with Crippen molar-refractivity contribution in [1.82, 2.24) is 9.62 Å². The van der Waals surface area contributed by atoms with E-state index in [1.165, 1.54) is 18.3 Å². The topological polar surface area (TPSA) is 92.8 Å². The highest BCUT2D eigenvalue weighted by Crippen LogP contribution is 2.52. The molecule has 1 saturated carbocycles. The van der Waals surface area contributed by atoms with Crippen LogP contribution in [-0.2, 0) is 36.3 Å². The van der Waals surface area contributed by atoms with E-state index in [9.17, 15) is 18.0 Å². The van der Waals surface area contributed by atoms with Crippen molar-refractivity contribution in [1.29, 1.82) is 0 Å². The molecule has 2 atom stereocenters. The number of nitrogens with one attached hydrogen (secondary N) is 1. The second-order valence-corrected chi connectivity index (χ2v) is 12.6. The first-order valence-electron chi connectivity index (χ1n) is 12.2. The van der Waals surface area contributed by atoms with Gasteiger partial charge in [-0.15, -0.1) is 0 Å².